The van der Waals surface area contributed by atoms with Gasteiger partial charge in [0, 0.05) is 20.8 Å². The molecule has 0 aliphatic heterocycles. The van der Waals surface area contributed by atoms with Crippen molar-refractivity contribution in [2.75, 3.05) is 5.32 Å². The van der Waals surface area contributed by atoms with Gasteiger partial charge in [0.05, 0.1) is 12.7 Å². The van der Waals surface area contributed by atoms with E-state index >= 15 is 0 Å². The van der Waals surface area contributed by atoms with Crippen LogP contribution in [-0.4, -0.2) is 15.7 Å². The number of carbonyl (C=O) groups excluding carboxylic acids is 1. The molecule has 0 radical (unpaired) electrons. The van der Waals surface area contributed by atoms with Gasteiger partial charge in [-0.2, -0.15) is 5.10 Å². The third-order valence-electron chi connectivity index (χ3n) is 2.68. The molecule has 0 aliphatic carbocycles. The molecule has 3 rings (SSSR count). The van der Waals surface area contributed by atoms with E-state index in [2.05, 4.69) is 42.3 Å². The zero-order chi connectivity index (χ0) is 14.8. The summed E-state index contributed by atoms with van der Waals surface area (Å²) in [4.78, 5) is 13.2. The highest BCUT2D eigenvalue weighted by Gasteiger charge is 2.13. The first kappa shape index (κ1) is 14.6. The maximum Gasteiger partial charge on any atom is 0.292 e. The minimum absolute atomic E-state index is 0.244. The molecule has 0 bridgehead atoms. The van der Waals surface area contributed by atoms with Crippen molar-refractivity contribution in [3.05, 3.63) is 55.6 Å². The Morgan fingerprint density at radius 2 is 2.24 bits per heavy atom. The molecule has 1 amide bonds. The van der Waals surface area contributed by atoms with Crippen molar-refractivity contribution >= 4 is 54.9 Å². The fraction of sp³-hybridized carbons (Fsp3) is 0.0769. The highest BCUT2D eigenvalue weighted by molar-refractivity contribution is 9.10. The van der Waals surface area contributed by atoms with Crippen LogP contribution in [0.1, 0.15) is 15.4 Å². The smallest absolute Gasteiger partial charge is 0.292 e. The first-order valence-corrected chi connectivity index (χ1v) is 8.40. The summed E-state index contributed by atoms with van der Waals surface area (Å²) in [7, 11) is 0. The summed E-state index contributed by atoms with van der Waals surface area (Å²) in [6, 6.07) is 7.06. The van der Waals surface area contributed by atoms with Crippen molar-refractivity contribution in [1.82, 2.24) is 9.78 Å². The first-order valence-electron chi connectivity index (χ1n) is 5.93. The molecule has 0 aliphatic rings. The molecule has 0 saturated heterocycles. The van der Waals surface area contributed by atoms with Crippen LogP contribution in [0.15, 0.2) is 49.4 Å². The van der Waals surface area contributed by atoms with Crippen molar-refractivity contribution < 1.29 is 9.21 Å². The van der Waals surface area contributed by atoms with Gasteiger partial charge in [0.25, 0.3) is 5.91 Å². The second-order valence-corrected chi connectivity index (χ2v) is 6.86. The predicted octanol–water partition coefficient (Wildman–Crippen LogP) is 4.36. The quantitative estimate of drug-likeness (QED) is 0.668. The monoisotopic (exact) mass is 429 g/mol. The number of carbonyl (C=O) groups is 1. The lowest BCUT2D eigenvalue weighted by Crippen LogP contribution is -2.15. The Morgan fingerprint density at radius 3 is 2.90 bits per heavy atom. The summed E-state index contributed by atoms with van der Waals surface area (Å²) in [6.45, 7) is 0.598. The highest BCUT2D eigenvalue weighted by atomic mass is 79.9. The maximum absolute atomic E-state index is 12.1. The fourth-order valence-electron chi connectivity index (χ4n) is 1.76. The van der Waals surface area contributed by atoms with Gasteiger partial charge in [0.2, 0.25) is 0 Å². The van der Waals surface area contributed by atoms with E-state index in [9.17, 15) is 4.79 Å². The Hall–Kier alpha value is -1.38. The molecular weight excluding hydrogens is 422 g/mol. The molecule has 21 heavy (non-hydrogen) atoms. The second-order valence-electron chi connectivity index (χ2n) is 4.16. The number of halogens is 2. The number of amides is 1. The van der Waals surface area contributed by atoms with Gasteiger partial charge in [-0.25, -0.2) is 4.68 Å². The first-order chi connectivity index (χ1) is 10.1. The number of hydrogen-bond acceptors (Lipinski definition) is 4. The lowest BCUT2D eigenvalue weighted by atomic mass is 10.4. The van der Waals surface area contributed by atoms with Crippen LogP contribution in [0.3, 0.4) is 0 Å². The van der Waals surface area contributed by atoms with Crippen LogP contribution < -0.4 is 5.32 Å². The Kier molecular flexibility index (Phi) is 4.27. The van der Waals surface area contributed by atoms with Crippen molar-refractivity contribution in [2.45, 2.75) is 6.54 Å². The van der Waals surface area contributed by atoms with E-state index in [4.69, 9.17) is 4.42 Å². The van der Waals surface area contributed by atoms with E-state index in [1.54, 1.807) is 40.4 Å². The molecule has 0 fully saturated rings. The van der Waals surface area contributed by atoms with E-state index in [1.165, 1.54) is 0 Å². The second kappa shape index (κ2) is 6.17. The Labute approximate surface area is 141 Å². The van der Waals surface area contributed by atoms with Crippen LogP contribution >= 0.6 is 43.2 Å². The van der Waals surface area contributed by atoms with Crippen molar-refractivity contribution in [3.8, 4) is 0 Å². The molecule has 3 aromatic rings. The Morgan fingerprint density at radius 1 is 1.38 bits per heavy atom. The molecule has 8 heteroatoms. The van der Waals surface area contributed by atoms with Crippen LogP contribution in [0, 0.1) is 0 Å². The largest absolute Gasteiger partial charge is 0.444 e. The minimum atomic E-state index is -0.310. The predicted molar refractivity (Wildman–Crippen MR) is 87.7 cm³/mol. The minimum Gasteiger partial charge on any atom is -0.444 e. The molecular formula is C13H9Br2N3O2S. The van der Waals surface area contributed by atoms with Gasteiger partial charge < -0.3 is 9.73 Å². The lowest BCUT2D eigenvalue weighted by molar-refractivity contribution is 0.0994. The number of nitrogens with zero attached hydrogens (tertiary/aromatic N) is 2. The molecule has 108 valence electrons. The van der Waals surface area contributed by atoms with Gasteiger partial charge >= 0.3 is 0 Å². The normalized spacial score (nSPS) is 10.8. The number of anilines is 1. The highest BCUT2D eigenvalue weighted by Crippen LogP contribution is 2.22. The number of aromatic nitrogens is 2. The summed E-state index contributed by atoms with van der Waals surface area (Å²) in [5, 5.41) is 9.02. The lowest BCUT2D eigenvalue weighted by Gasteiger charge is -2.06. The Balaban J connectivity index is 1.74. The number of rotatable bonds is 4. The molecule has 0 unspecified atom stereocenters. The molecule has 1 N–H and O–H groups in total. The summed E-state index contributed by atoms with van der Waals surface area (Å²) in [6.07, 6.45) is 1.65. The summed E-state index contributed by atoms with van der Waals surface area (Å²) < 4.78 is 8.52. The van der Waals surface area contributed by atoms with Gasteiger partial charge in [0.1, 0.15) is 5.82 Å². The van der Waals surface area contributed by atoms with Crippen LogP contribution in [0.4, 0.5) is 5.82 Å². The van der Waals surface area contributed by atoms with Crippen LogP contribution in [0.5, 0.6) is 0 Å². The molecule has 3 aromatic heterocycles. The summed E-state index contributed by atoms with van der Waals surface area (Å²) in [5.41, 5.74) is 0. The van der Waals surface area contributed by atoms with Crippen molar-refractivity contribution in [1.29, 1.82) is 0 Å². The fourth-order valence-corrected chi connectivity index (χ4v) is 3.50. The van der Waals surface area contributed by atoms with Crippen LogP contribution in [0.2, 0.25) is 0 Å². The van der Waals surface area contributed by atoms with Gasteiger partial charge in [0.15, 0.2) is 10.4 Å². The van der Waals surface area contributed by atoms with Crippen LogP contribution in [-0.2, 0) is 6.54 Å². The number of nitrogens with one attached hydrogen (secondary N) is 1. The number of hydrogen-bond donors (Lipinski definition) is 1. The number of furan rings is 1. The van der Waals surface area contributed by atoms with Gasteiger partial charge in [-0.15, -0.1) is 11.3 Å². The van der Waals surface area contributed by atoms with Gasteiger partial charge in [-0.1, -0.05) is 0 Å². The van der Waals surface area contributed by atoms with E-state index in [-0.39, 0.29) is 11.7 Å². The third-order valence-corrected chi connectivity index (χ3v) is 4.79. The molecule has 3 heterocycles. The summed E-state index contributed by atoms with van der Waals surface area (Å²) >= 11 is 8.22. The van der Waals surface area contributed by atoms with Gasteiger partial charge in [-0.05, 0) is 50.1 Å². The Bertz CT molecular complexity index is 778. The summed E-state index contributed by atoms with van der Waals surface area (Å²) in [5.74, 6) is 0.556. The van der Waals surface area contributed by atoms with Crippen LogP contribution in [0.25, 0.3) is 0 Å². The molecule has 5 nitrogen and oxygen atoms in total. The van der Waals surface area contributed by atoms with Gasteiger partial charge in [-0.3, -0.25) is 4.79 Å². The molecule has 0 atom stereocenters. The third kappa shape index (κ3) is 3.45. The zero-order valence-corrected chi connectivity index (χ0v) is 14.5. The van der Waals surface area contributed by atoms with Crippen molar-refractivity contribution in [2.24, 2.45) is 0 Å². The molecule has 0 aromatic carbocycles. The SMILES string of the molecule is O=C(Nc1ccnn1Cc1cc(Br)cs1)c1ccc(Br)o1. The number of thiophene rings is 1. The molecule has 0 spiro atoms. The standard InChI is InChI=1S/C13H9Br2N3O2S/c14-8-5-9(21-7-8)6-18-12(3-4-16-18)17-13(19)10-1-2-11(15)20-10/h1-5,7H,6H2,(H,17,19). The van der Waals surface area contributed by atoms with Crippen molar-refractivity contribution in [3.63, 3.8) is 0 Å². The average Bonchev–Trinajstić information content (AvgIpc) is 3.14. The van der Waals surface area contributed by atoms with E-state index < -0.39 is 0 Å². The van der Waals surface area contributed by atoms with E-state index in [0.29, 0.717) is 17.0 Å². The molecule has 0 saturated carbocycles. The zero-order valence-electron chi connectivity index (χ0n) is 10.5. The average molecular weight is 431 g/mol. The topological polar surface area (TPSA) is 60.1 Å². The maximum atomic E-state index is 12.1. The van der Waals surface area contributed by atoms with E-state index in [1.807, 2.05) is 11.4 Å². The van der Waals surface area contributed by atoms with E-state index in [0.717, 1.165) is 9.35 Å².